The summed E-state index contributed by atoms with van der Waals surface area (Å²) in [6.45, 7) is 6.78. The van der Waals surface area contributed by atoms with Crippen LogP contribution in [0.1, 0.15) is 41.7 Å². The fourth-order valence-corrected chi connectivity index (χ4v) is 6.47. The lowest BCUT2D eigenvalue weighted by Gasteiger charge is -2.21. The largest absolute Gasteiger partial charge is 0.297 e. The Balaban J connectivity index is 1.55. The number of allylic oxidation sites excluding steroid dienone is 3. The van der Waals surface area contributed by atoms with E-state index in [0.717, 1.165) is 12.8 Å². The quantitative estimate of drug-likeness (QED) is 0.343. The van der Waals surface area contributed by atoms with Crippen LogP contribution in [0.15, 0.2) is 83.5 Å². The summed E-state index contributed by atoms with van der Waals surface area (Å²) in [6.07, 6.45) is 6.84. The molecule has 0 bridgehead atoms. The van der Waals surface area contributed by atoms with E-state index in [1.165, 1.54) is 66.9 Å². The van der Waals surface area contributed by atoms with Gasteiger partial charge in [-0.05, 0) is 89.8 Å². The van der Waals surface area contributed by atoms with Crippen LogP contribution in [0.4, 0.5) is 5.69 Å². The van der Waals surface area contributed by atoms with Crippen LogP contribution in [0.2, 0.25) is 0 Å². The van der Waals surface area contributed by atoms with Gasteiger partial charge in [0.05, 0.1) is 27.9 Å². The Bertz CT molecular complexity index is 1360. The lowest BCUT2D eigenvalue weighted by molar-refractivity contribution is 1.02. The monoisotopic (exact) mass is 479 g/mol. The molecule has 0 spiro atoms. The van der Waals surface area contributed by atoms with Crippen molar-refractivity contribution in [2.75, 3.05) is 3.93 Å². The summed E-state index contributed by atoms with van der Waals surface area (Å²) in [5.41, 5.74) is 16.8. The third kappa shape index (κ3) is 2.89. The Labute approximate surface area is 199 Å². The third-order valence-corrected chi connectivity index (χ3v) is 8.17. The zero-order valence-corrected chi connectivity index (χ0v) is 20.3. The number of anilines is 1. The molecule has 3 aromatic rings. The summed E-state index contributed by atoms with van der Waals surface area (Å²) in [6, 6.07) is 22.4. The van der Waals surface area contributed by atoms with Gasteiger partial charge in [0.2, 0.25) is 0 Å². The van der Waals surface area contributed by atoms with Crippen LogP contribution in [-0.2, 0) is 12.8 Å². The summed E-state index contributed by atoms with van der Waals surface area (Å²) in [7, 11) is 0. The first-order valence-electron chi connectivity index (χ1n) is 11.4. The van der Waals surface area contributed by atoms with Crippen molar-refractivity contribution < 1.29 is 0 Å². The second kappa shape index (κ2) is 7.35. The maximum Gasteiger partial charge on any atom is 0.0876 e. The van der Waals surface area contributed by atoms with Crippen LogP contribution in [0.25, 0.3) is 22.8 Å². The first kappa shape index (κ1) is 19.8. The van der Waals surface area contributed by atoms with Crippen molar-refractivity contribution in [3.63, 3.8) is 0 Å². The van der Waals surface area contributed by atoms with Crippen LogP contribution in [0, 0.1) is 6.92 Å². The van der Waals surface area contributed by atoms with Gasteiger partial charge in [-0.3, -0.25) is 3.93 Å². The molecule has 3 aromatic carbocycles. The number of aryl methyl sites for hydroxylation is 1. The summed E-state index contributed by atoms with van der Waals surface area (Å²) < 4.78 is 2.30. The molecule has 2 heteroatoms. The van der Waals surface area contributed by atoms with Gasteiger partial charge in [-0.15, -0.1) is 0 Å². The Morgan fingerprint density at radius 3 is 2.44 bits per heavy atom. The molecule has 1 atom stereocenters. The van der Waals surface area contributed by atoms with E-state index in [2.05, 4.69) is 114 Å². The first-order chi connectivity index (χ1) is 15.5. The van der Waals surface area contributed by atoms with Gasteiger partial charge in [0, 0.05) is 5.56 Å². The molecular weight excluding hydrogens is 454 g/mol. The van der Waals surface area contributed by atoms with Gasteiger partial charge in [0.1, 0.15) is 0 Å². The van der Waals surface area contributed by atoms with Crippen molar-refractivity contribution >= 4 is 33.5 Å². The SMILES string of the molecule is CC1=C(C)C2C(=C1)c1c(cc(C)c(CC3=Cc4ccccc4C3)c1-c1ccccc1)N2Br. The minimum absolute atomic E-state index is 0.289. The van der Waals surface area contributed by atoms with Crippen LogP contribution in [0.3, 0.4) is 0 Å². The van der Waals surface area contributed by atoms with Crippen LogP contribution >= 0.6 is 16.1 Å². The van der Waals surface area contributed by atoms with E-state index in [0.29, 0.717) is 0 Å². The van der Waals surface area contributed by atoms with Crippen molar-refractivity contribution in [1.82, 2.24) is 0 Å². The zero-order valence-electron chi connectivity index (χ0n) is 18.7. The highest BCUT2D eigenvalue weighted by Gasteiger charge is 2.40. The fraction of sp³-hybridized carbons (Fsp3) is 0.200. The molecule has 1 unspecified atom stereocenters. The molecule has 32 heavy (non-hydrogen) atoms. The molecular formula is C30H26BrN. The highest BCUT2D eigenvalue weighted by molar-refractivity contribution is 9.10. The molecule has 0 aromatic heterocycles. The normalized spacial score (nSPS) is 18.5. The van der Waals surface area contributed by atoms with Gasteiger partial charge in [0.15, 0.2) is 0 Å². The lowest BCUT2D eigenvalue weighted by Crippen LogP contribution is -2.21. The fourth-order valence-electron chi connectivity index (χ4n) is 5.66. The summed E-state index contributed by atoms with van der Waals surface area (Å²) in [5, 5.41) is 0. The Kier molecular flexibility index (Phi) is 4.55. The van der Waals surface area contributed by atoms with E-state index in [1.807, 2.05) is 0 Å². The molecule has 0 saturated carbocycles. The van der Waals surface area contributed by atoms with Crippen molar-refractivity contribution in [1.29, 1.82) is 0 Å². The third-order valence-electron chi connectivity index (χ3n) is 7.38. The molecule has 0 amide bonds. The Morgan fingerprint density at radius 2 is 1.66 bits per heavy atom. The number of rotatable bonds is 3. The van der Waals surface area contributed by atoms with Crippen molar-refractivity contribution in [2.24, 2.45) is 0 Å². The number of nitrogens with zero attached hydrogens (tertiary/aromatic N) is 1. The Hall–Kier alpha value is -2.84. The van der Waals surface area contributed by atoms with Gasteiger partial charge < -0.3 is 0 Å². The van der Waals surface area contributed by atoms with Gasteiger partial charge in [-0.1, -0.05) is 72.3 Å². The Morgan fingerprint density at radius 1 is 0.906 bits per heavy atom. The summed E-state index contributed by atoms with van der Waals surface area (Å²) in [4.78, 5) is 0. The predicted molar refractivity (Wildman–Crippen MR) is 140 cm³/mol. The van der Waals surface area contributed by atoms with Gasteiger partial charge >= 0.3 is 0 Å². The topological polar surface area (TPSA) is 3.24 Å². The molecule has 0 radical (unpaired) electrons. The highest BCUT2D eigenvalue weighted by atomic mass is 79.9. The molecule has 3 aliphatic rings. The van der Waals surface area contributed by atoms with Gasteiger partial charge in [0.25, 0.3) is 0 Å². The molecule has 1 heterocycles. The molecule has 0 saturated heterocycles. The molecule has 6 rings (SSSR count). The van der Waals surface area contributed by atoms with E-state index >= 15 is 0 Å². The zero-order chi connectivity index (χ0) is 22.0. The smallest absolute Gasteiger partial charge is 0.0876 e. The molecule has 158 valence electrons. The van der Waals surface area contributed by atoms with Crippen LogP contribution in [-0.4, -0.2) is 6.04 Å². The second-order valence-corrected chi connectivity index (χ2v) is 10.1. The van der Waals surface area contributed by atoms with E-state index in [1.54, 1.807) is 0 Å². The maximum atomic E-state index is 3.93. The highest BCUT2D eigenvalue weighted by Crippen LogP contribution is 2.54. The second-order valence-electron chi connectivity index (χ2n) is 9.34. The standard InChI is InChI=1S/C30H26BrN/c1-18-13-26-29-27(32(31)30(26)20(18)3)14-19(2)25(28(29)22-9-5-4-6-10-22)17-21-15-23-11-7-8-12-24(23)16-21/h4-15,30H,16-17H2,1-3H3. The number of halogens is 1. The molecule has 1 aliphatic heterocycles. The summed E-state index contributed by atoms with van der Waals surface area (Å²) >= 11 is 3.93. The minimum Gasteiger partial charge on any atom is -0.297 e. The lowest BCUT2D eigenvalue weighted by atomic mass is 9.84. The van der Waals surface area contributed by atoms with Crippen LogP contribution in [0.5, 0.6) is 0 Å². The van der Waals surface area contributed by atoms with E-state index < -0.39 is 0 Å². The molecule has 1 nitrogen and oxygen atoms in total. The van der Waals surface area contributed by atoms with Gasteiger partial charge in [-0.25, -0.2) is 0 Å². The first-order valence-corrected chi connectivity index (χ1v) is 12.1. The average Bonchev–Trinajstić information content (AvgIpc) is 3.42. The number of benzene rings is 3. The number of hydrogen-bond acceptors (Lipinski definition) is 1. The van der Waals surface area contributed by atoms with E-state index in [9.17, 15) is 0 Å². The van der Waals surface area contributed by atoms with Crippen LogP contribution < -0.4 is 3.93 Å². The summed E-state index contributed by atoms with van der Waals surface area (Å²) in [5.74, 6) is 0. The molecule has 0 fully saturated rings. The maximum absolute atomic E-state index is 3.93. The minimum atomic E-state index is 0.289. The number of hydrogen-bond donors (Lipinski definition) is 0. The molecule has 2 aliphatic carbocycles. The van der Waals surface area contributed by atoms with E-state index in [4.69, 9.17) is 0 Å². The van der Waals surface area contributed by atoms with Crippen molar-refractivity contribution in [2.45, 2.75) is 39.7 Å². The average molecular weight is 480 g/mol. The number of fused-ring (bicyclic) bond motifs is 4. The van der Waals surface area contributed by atoms with Crippen molar-refractivity contribution in [3.05, 3.63) is 111 Å². The van der Waals surface area contributed by atoms with E-state index in [-0.39, 0.29) is 6.04 Å². The molecule has 0 N–H and O–H groups in total. The van der Waals surface area contributed by atoms with Crippen molar-refractivity contribution in [3.8, 4) is 11.1 Å². The van der Waals surface area contributed by atoms with Gasteiger partial charge in [-0.2, -0.15) is 0 Å². The predicted octanol–water partition coefficient (Wildman–Crippen LogP) is 8.08.